The summed E-state index contributed by atoms with van der Waals surface area (Å²) in [7, 11) is 5.14. The third-order valence-electron chi connectivity index (χ3n) is 7.25. The molecule has 2 aliphatic rings. The number of thioether (sulfide) groups is 1. The Labute approximate surface area is 259 Å². The van der Waals surface area contributed by atoms with Crippen molar-refractivity contribution in [1.82, 2.24) is 25.1 Å². The van der Waals surface area contributed by atoms with E-state index in [0.717, 1.165) is 69.0 Å². The van der Waals surface area contributed by atoms with Crippen LogP contribution in [0.25, 0.3) is 0 Å². The Bertz CT molecular complexity index is 1050. The van der Waals surface area contributed by atoms with Crippen LogP contribution in [0.3, 0.4) is 0 Å². The highest BCUT2D eigenvalue weighted by atomic mass is 32.2. The number of nitrogens with two attached hydrogens (primary N) is 1. The summed E-state index contributed by atoms with van der Waals surface area (Å²) in [6.07, 6.45) is 21.5. The minimum Gasteiger partial charge on any atom is -0.400 e. The number of nitrogens with one attached hydrogen (secondary N) is 2. The van der Waals surface area contributed by atoms with Crippen LogP contribution in [-0.4, -0.2) is 97.4 Å². The van der Waals surface area contributed by atoms with Gasteiger partial charge in [-0.3, -0.25) is 0 Å². The molecule has 0 radical (unpaired) electrons. The summed E-state index contributed by atoms with van der Waals surface area (Å²) in [6, 6.07) is 0.242. The number of hydrogen-bond acceptors (Lipinski definition) is 10. The van der Waals surface area contributed by atoms with E-state index in [1.165, 1.54) is 12.1 Å². The number of fused-ring (bicyclic) bond motifs is 1. The summed E-state index contributed by atoms with van der Waals surface area (Å²) in [6.45, 7) is 15.6. The van der Waals surface area contributed by atoms with Crippen molar-refractivity contribution in [2.24, 2.45) is 5.73 Å². The number of likely N-dealkylation sites (N-methyl/N-ethyl adjacent to an activating group) is 1. The van der Waals surface area contributed by atoms with E-state index in [9.17, 15) is 0 Å². The van der Waals surface area contributed by atoms with Crippen molar-refractivity contribution in [1.29, 1.82) is 0 Å². The number of aromatic nitrogens is 2. The van der Waals surface area contributed by atoms with Gasteiger partial charge in [0.05, 0.1) is 0 Å². The maximum atomic E-state index is 7.00. The molecule has 1 unspecified atom stereocenters. The van der Waals surface area contributed by atoms with Crippen LogP contribution in [0.5, 0.6) is 0 Å². The van der Waals surface area contributed by atoms with Crippen molar-refractivity contribution >= 4 is 23.5 Å². The van der Waals surface area contributed by atoms with Crippen molar-refractivity contribution in [3.8, 4) is 0 Å². The smallest absolute Gasteiger partial charge is 0.229 e. The van der Waals surface area contributed by atoms with Crippen molar-refractivity contribution in [3.63, 3.8) is 0 Å². The minimum atomic E-state index is 0.242. The Morgan fingerprint density at radius 1 is 1.17 bits per heavy atom. The zero-order valence-corrected chi connectivity index (χ0v) is 28.0. The second-order valence-corrected chi connectivity index (χ2v) is 11.1. The normalized spacial score (nSPS) is 19.8. The van der Waals surface area contributed by atoms with Crippen LogP contribution in [0.2, 0.25) is 0 Å². The Morgan fingerprint density at radius 2 is 1.88 bits per heavy atom. The van der Waals surface area contributed by atoms with Crippen LogP contribution in [0.15, 0.2) is 66.4 Å². The van der Waals surface area contributed by atoms with E-state index >= 15 is 0 Å². The van der Waals surface area contributed by atoms with E-state index in [2.05, 4.69) is 76.9 Å². The fourth-order valence-corrected chi connectivity index (χ4v) is 4.90. The van der Waals surface area contributed by atoms with Gasteiger partial charge in [0.2, 0.25) is 5.95 Å². The molecule has 0 amide bonds. The van der Waals surface area contributed by atoms with E-state index in [-0.39, 0.29) is 6.04 Å². The number of aliphatic hydroxyl groups is 1. The van der Waals surface area contributed by atoms with E-state index < -0.39 is 0 Å². The van der Waals surface area contributed by atoms with Gasteiger partial charge in [-0.15, -0.1) is 0 Å². The lowest BCUT2D eigenvalue weighted by Crippen LogP contribution is -2.35. The molecule has 0 aromatic carbocycles. The minimum absolute atomic E-state index is 0.242. The summed E-state index contributed by atoms with van der Waals surface area (Å²) < 4.78 is 0. The lowest BCUT2D eigenvalue weighted by molar-refractivity contribution is 0.319. The maximum absolute atomic E-state index is 7.00. The van der Waals surface area contributed by atoms with Crippen LogP contribution in [0.4, 0.5) is 11.8 Å². The molecule has 0 saturated carbocycles. The van der Waals surface area contributed by atoms with Gasteiger partial charge in [-0.25, -0.2) is 4.98 Å². The zero-order chi connectivity index (χ0) is 31.5. The monoisotopic (exact) mass is 600 g/mol. The number of anilines is 2. The van der Waals surface area contributed by atoms with Crippen molar-refractivity contribution in [3.05, 3.63) is 72.0 Å². The first kappa shape index (κ1) is 37.2. The van der Waals surface area contributed by atoms with Crippen molar-refractivity contribution < 1.29 is 5.11 Å². The first-order chi connectivity index (χ1) is 20.3. The fourth-order valence-electron chi connectivity index (χ4n) is 4.90. The third kappa shape index (κ3) is 11.1. The van der Waals surface area contributed by atoms with Gasteiger partial charge in [-0.1, -0.05) is 39.0 Å². The van der Waals surface area contributed by atoms with E-state index in [0.29, 0.717) is 18.4 Å². The van der Waals surface area contributed by atoms with E-state index in [4.69, 9.17) is 15.8 Å². The highest BCUT2D eigenvalue weighted by Gasteiger charge is 2.36. The molecule has 5 N–H and O–H groups in total. The Balaban J connectivity index is 0.00000165. The molecule has 0 bridgehead atoms. The third-order valence-corrected chi connectivity index (χ3v) is 7.25. The maximum Gasteiger partial charge on any atom is 0.229 e. The topological polar surface area (TPSA) is 106 Å². The van der Waals surface area contributed by atoms with Gasteiger partial charge in [0, 0.05) is 75.5 Å². The van der Waals surface area contributed by atoms with Gasteiger partial charge in [-0.05, 0) is 70.2 Å². The molecule has 3 heterocycles. The number of nitrogens with zero attached hydrogens (tertiary/aromatic N) is 5. The summed E-state index contributed by atoms with van der Waals surface area (Å²) in [5.41, 5.74) is 9.02. The molecule has 1 saturated heterocycles. The van der Waals surface area contributed by atoms with Crippen LogP contribution in [0.1, 0.15) is 51.5 Å². The molecule has 9 nitrogen and oxygen atoms in total. The molecule has 0 aliphatic carbocycles. The molecule has 1 aromatic rings. The summed E-state index contributed by atoms with van der Waals surface area (Å²) >= 11 is 1.75. The zero-order valence-electron chi connectivity index (χ0n) is 27.2. The lowest BCUT2D eigenvalue weighted by atomic mass is 10.0. The summed E-state index contributed by atoms with van der Waals surface area (Å²) in [5, 5.41) is 13.7. The Morgan fingerprint density at radius 3 is 2.50 bits per heavy atom. The number of hydrogen-bond donors (Lipinski definition) is 4. The second-order valence-electron chi connectivity index (χ2n) is 10.2. The molecule has 42 heavy (non-hydrogen) atoms. The largest absolute Gasteiger partial charge is 0.400 e. The van der Waals surface area contributed by atoms with E-state index in [1.54, 1.807) is 11.8 Å². The predicted molar refractivity (Wildman–Crippen MR) is 184 cm³/mol. The highest BCUT2D eigenvalue weighted by Crippen LogP contribution is 2.41. The molecular weight excluding hydrogens is 544 g/mol. The molecule has 1 aromatic heterocycles. The molecule has 0 spiro atoms. The molecule has 10 heteroatoms. The van der Waals surface area contributed by atoms with Crippen molar-refractivity contribution in [2.75, 3.05) is 76.7 Å². The highest BCUT2D eigenvalue weighted by molar-refractivity contribution is 7.97. The molecule has 1 fully saturated rings. The average molecular weight is 601 g/mol. The number of allylic oxidation sites excluding steroid dienone is 6. The number of rotatable bonds is 11. The van der Waals surface area contributed by atoms with Gasteiger partial charge in [0.25, 0.3) is 0 Å². The first-order valence-corrected chi connectivity index (χ1v) is 16.5. The number of aliphatic hydroxyl groups excluding tert-OH is 1. The van der Waals surface area contributed by atoms with Gasteiger partial charge in [0.15, 0.2) is 0 Å². The molecule has 2 aliphatic heterocycles. The Hall–Kier alpha value is -2.79. The van der Waals surface area contributed by atoms with Crippen LogP contribution in [-0.2, 0) is 0 Å². The van der Waals surface area contributed by atoms with Gasteiger partial charge in [0.1, 0.15) is 11.6 Å². The molecule has 236 valence electrons. The first-order valence-electron chi connectivity index (χ1n) is 14.8. The Kier molecular flexibility index (Phi) is 18.6. The quantitative estimate of drug-likeness (QED) is 0.266. The summed E-state index contributed by atoms with van der Waals surface area (Å²) in [4.78, 5) is 16.8. The van der Waals surface area contributed by atoms with Crippen LogP contribution in [0, 0.1) is 0 Å². The predicted octanol–water partition coefficient (Wildman–Crippen LogP) is 4.76. The SMILES string of the molecule is C=C/C(=C\C=C(/CCC)N1CCCN(C)CC1)Nc1ncc2c(n1)N(/C(=C/C=C\CN)NC)[C@H](C)C2C.CO.CSC. The fraction of sp³-hybridized carbons (Fsp3) is 0.562. The second kappa shape index (κ2) is 21.0. The van der Waals surface area contributed by atoms with E-state index in [1.807, 2.05) is 50.1 Å². The summed E-state index contributed by atoms with van der Waals surface area (Å²) in [5.74, 6) is 2.76. The molecular formula is C32H56N8OS. The van der Waals surface area contributed by atoms with Gasteiger partial charge >= 0.3 is 0 Å². The van der Waals surface area contributed by atoms with Gasteiger partial charge < -0.3 is 36.2 Å². The molecule has 3 rings (SSSR count). The lowest BCUT2D eigenvalue weighted by Gasteiger charge is -2.27. The van der Waals surface area contributed by atoms with Crippen LogP contribution < -0.4 is 21.3 Å². The van der Waals surface area contributed by atoms with Crippen molar-refractivity contribution in [2.45, 2.75) is 52.0 Å². The molecule has 2 atom stereocenters. The van der Waals surface area contributed by atoms with Crippen LogP contribution >= 0.6 is 11.8 Å². The van der Waals surface area contributed by atoms with Gasteiger partial charge in [-0.2, -0.15) is 16.7 Å². The average Bonchev–Trinajstić information content (AvgIpc) is 3.11. The standard InChI is InChI=1S/C29H46N8.C2H6S.CH4O/c1-7-12-25(36-18-11-17-35(6)19-20-36)15-14-24(8-2)33-29-32-21-26-22(3)23(4)37(28(26)34-29)27(31-5)13-9-10-16-30;1-3-2;1-2/h8-10,13-15,21-23,31H,2,7,11-12,16-20,30H2,1,3-6H3,(H,32,33,34);1-2H3;2H,1H3/b10-9-,24-14+,25-15+,27-13+;;/t22?,23-;;/m1../s1.